The molecule has 0 aliphatic carbocycles. The lowest BCUT2D eigenvalue weighted by Gasteiger charge is -2.49. The Labute approximate surface area is 256 Å². The standard InChI is InChI=1S/C27H24N6O9S2/c1-32-24(40)22(38)30-31-27(32)44-11-13-10-43-25-17(23(39)33(25)18(13)26(41)42)29-21(37)16(12-6-3-2-4-7-12)28-20(36)14-8-5-9-15(34)19(14)35/h2-9,16-17,25,34-35H,10-11H2,1H3,(H,28,36)(H,29,37)(H,30,38)(H,41,42)/t16?,17?,25-/m1/s1. The number of carboxylic acids is 1. The molecule has 44 heavy (non-hydrogen) atoms. The number of carboxylic acid groups (broad SMARTS) is 1. The van der Waals surface area contributed by atoms with Gasteiger partial charge in [0.1, 0.15) is 23.2 Å². The van der Waals surface area contributed by atoms with Gasteiger partial charge in [-0.05, 0) is 23.3 Å². The summed E-state index contributed by atoms with van der Waals surface area (Å²) in [5, 5.41) is 40.3. The van der Waals surface area contributed by atoms with E-state index in [-0.39, 0.29) is 27.9 Å². The number of aromatic amines is 1. The lowest BCUT2D eigenvalue weighted by Crippen LogP contribution is -2.71. The van der Waals surface area contributed by atoms with E-state index in [1.807, 2.05) is 0 Å². The quantitative estimate of drug-likeness (QED) is 0.0780. The second-order valence-electron chi connectivity index (χ2n) is 9.63. The molecule has 3 aromatic rings. The van der Waals surface area contributed by atoms with Crippen LogP contribution in [0, 0.1) is 0 Å². The number of fused-ring (bicyclic) bond motifs is 1. The Morgan fingerprint density at radius 1 is 1.11 bits per heavy atom. The van der Waals surface area contributed by atoms with Crippen molar-refractivity contribution in [2.24, 2.45) is 7.05 Å². The monoisotopic (exact) mass is 640 g/mol. The number of rotatable bonds is 9. The van der Waals surface area contributed by atoms with Crippen molar-refractivity contribution in [3.05, 3.63) is 91.6 Å². The Hall–Kier alpha value is -5.03. The number of hydrogen-bond donors (Lipinski definition) is 6. The molecule has 5 rings (SSSR count). The zero-order valence-electron chi connectivity index (χ0n) is 22.7. The summed E-state index contributed by atoms with van der Waals surface area (Å²) in [4.78, 5) is 76.4. The van der Waals surface area contributed by atoms with Gasteiger partial charge < -0.3 is 26.0 Å². The van der Waals surface area contributed by atoms with Gasteiger partial charge in [-0.3, -0.25) is 33.4 Å². The fraction of sp³-hybridized carbons (Fsp3) is 0.222. The van der Waals surface area contributed by atoms with Crippen molar-refractivity contribution < 1.29 is 34.5 Å². The molecule has 2 aliphatic heterocycles. The molecule has 2 aliphatic rings. The zero-order chi connectivity index (χ0) is 31.7. The zero-order valence-corrected chi connectivity index (χ0v) is 24.3. The predicted octanol–water partition coefficient (Wildman–Crippen LogP) is -0.118. The number of thioether (sulfide) groups is 2. The first-order chi connectivity index (χ1) is 21.0. The van der Waals surface area contributed by atoms with Crippen LogP contribution in [0.2, 0.25) is 0 Å². The molecule has 2 aromatic carbocycles. The molecule has 1 aromatic heterocycles. The summed E-state index contributed by atoms with van der Waals surface area (Å²) in [6.07, 6.45) is 0. The van der Waals surface area contributed by atoms with Gasteiger partial charge in [0, 0.05) is 18.6 Å². The van der Waals surface area contributed by atoms with E-state index in [0.717, 1.165) is 21.2 Å². The molecule has 17 heteroatoms. The largest absolute Gasteiger partial charge is 0.504 e. The minimum atomic E-state index is -1.35. The number of para-hydroxylation sites is 1. The molecular formula is C27H24N6O9S2. The van der Waals surface area contributed by atoms with Crippen molar-refractivity contribution >= 4 is 47.2 Å². The number of β-lactam (4-membered cyclic amide) rings is 1. The number of amides is 3. The van der Waals surface area contributed by atoms with Gasteiger partial charge in [0.05, 0.1) is 5.56 Å². The van der Waals surface area contributed by atoms with Gasteiger partial charge >= 0.3 is 17.1 Å². The Balaban J connectivity index is 1.34. The average molecular weight is 641 g/mol. The highest BCUT2D eigenvalue weighted by molar-refractivity contribution is 8.01. The SMILES string of the molecule is Cn1c(SCC2=C(C(=O)O)N3C(=O)C(NC(=O)C(NC(=O)c4cccc(O)c4O)c4ccccc4)[C@H]3SC2)n[nH]c(=O)c1=O. The molecule has 3 amide bonds. The molecule has 6 N–H and O–H groups in total. The molecule has 0 saturated carbocycles. The number of nitrogens with zero attached hydrogens (tertiary/aromatic N) is 3. The highest BCUT2D eigenvalue weighted by atomic mass is 32.2. The third-order valence-electron chi connectivity index (χ3n) is 6.89. The lowest BCUT2D eigenvalue weighted by molar-refractivity contribution is -0.151. The van der Waals surface area contributed by atoms with E-state index in [0.29, 0.717) is 11.1 Å². The molecular weight excluding hydrogens is 616 g/mol. The van der Waals surface area contributed by atoms with Gasteiger partial charge in [0.25, 0.3) is 11.8 Å². The third kappa shape index (κ3) is 5.66. The van der Waals surface area contributed by atoms with Crippen LogP contribution in [0.25, 0.3) is 0 Å². The van der Waals surface area contributed by atoms with Gasteiger partial charge in [-0.15, -0.1) is 16.9 Å². The van der Waals surface area contributed by atoms with Crippen molar-refractivity contribution in [3.8, 4) is 11.5 Å². The van der Waals surface area contributed by atoms with Crippen LogP contribution in [-0.4, -0.2) is 81.6 Å². The Kier molecular flexibility index (Phi) is 8.50. The van der Waals surface area contributed by atoms with E-state index in [1.165, 1.54) is 37.0 Å². The molecule has 3 atom stereocenters. The predicted molar refractivity (Wildman–Crippen MR) is 157 cm³/mol. The van der Waals surface area contributed by atoms with Crippen molar-refractivity contribution in [1.82, 2.24) is 30.3 Å². The first-order valence-electron chi connectivity index (χ1n) is 12.8. The summed E-state index contributed by atoms with van der Waals surface area (Å²) in [6.45, 7) is 0. The second-order valence-corrected chi connectivity index (χ2v) is 11.7. The lowest BCUT2D eigenvalue weighted by atomic mass is 10.0. The summed E-state index contributed by atoms with van der Waals surface area (Å²) in [7, 11) is 1.36. The van der Waals surface area contributed by atoms with Crippen molar-refractivity contribution in [2.75, 3.05) is 11.5 Å². The molecule has 0 spiro atoms. The van der Waals surface area contributed by atoms with Crippen LogP contribution in [0.15, 0.2) is 74.5 Å². The molecule has 0 radical (unpaired) electrons. The number of aliphatic carboxylic acids is 1. The van der Waals surface area contributed by atoms with Crippen LogP contribution < -0.4 is 21.8 Å². The fourth-order valence-electron chi connectivity index (χ4n) is 4.64. The minimum Gasteiger partial charge on any atom is -0.504 e. The topological polar surface area (TPSA) is 224 Å². The van der Waals surface area contributed by atoms with E-state index >= 15 is 0 Å². The van der Waals surface area contributed by atoms with E-state index < -0.39 is 63.8 Å². The number of H-pyrrole nitrogens is 1. The van der Waals surface area contributed by atoms with Crippen molar-refractivity contribution in [1.29, 1.82) is 0 Å². The molecule has 0 bridgehead atoms. The summed E-state index contributed by atoms with van der Waals surface area (Å²) >= 11 is 2.23. The molecule has 15 nitrogen and oxygen atoms in total. The van der Waals surface area contributed by atoms with Gasteiger partial charge in [0.2, 0.25) is 5.91 Å². The van der Waals surface area contributed by atoms with Gasteiger partial charge in [-0.2, -0.15) is 0 Å². The van der Waals surface area contributed by atoms with Crippen LogP contribution in [0.4, 0.5) is 0 Å². The van der Waals surface area contributed by atoms with E-state index in [1.54, 1.807) is 30.3 Å². The third-order valence-corrected chi connectivity index (χ3v) is 9.35. The first kappa shape index (κ1) is 30.4. The van der Waals surface area contributed by atoms with E-state index in [2.05, 4.69) is 20.8 Å². The number of aromatic nitrogens is 3. The van der Waals surface area contributed by atoms with Gasteiger partial charge in [-0.1, -0.05) is 48.2 Å². The van der Waals surface area contributed by atoms with Crippen LogP contribution in [0.3, 0.4) is 0 Å². The maximum Gasteiger partial charge on any atom is 0.352 e. The summed E-state index contributed by atoms with van der Waals surface area (Å²) in [5.74, 6) is -4.59. The smallest absolute Gasteiger partial charge is 0.352 e. The van der Waals surface area contributed by atoms with Crippen LogP contribution in [-0.2, 0) is 21.4 Å². The minimum absolute atomic E-state index is 0.0540. The number of phenols is 2. The Morgan fingerprint density at radius 2 is 1.84 bits per heavy atom. The Bertz CT molecular complexity index is 1820. The summed E-state index contributed by atoms with van der Waals surface area (Å²) in [5.41, 5.74) is -1.50. The van der Waals surface area contributed by atoms with E-state index in [4.69, 9.17) is 0 Å². The highest BCUT2D eigenvalue weighted by Gasteiger charge is 2.54. The molecule has 1 fully saturated rings. The van der Waals surface area contributed by atoms with Gasteiger partial charge in [-0.25, -0.2) is 9.89 Å². The first-order valence-corrected chi connectivity index (χ1v) is 14.9. The second kappa shape index (κ2) is 12.3. The van der Waals surface area contributed by atoms with Crippen LogP contribution in [0.5, 0.6) is 11.5 Å². The van der Waals surface area contributed by atoms with Gasteiger partial charge in [0.15, 0.2) is 16.7 Å². The van der Waals surface area contributed by atoms with Crippen LogP contribution >= 0.6 is 23.5 Å². The number of hydrogen-bond acceptors (Lipinski definition) is 11. The summed E-state index contributed by atoms with van der Waals surface area (Å²) < 4.78 is 1.04. The Morgan fingerprint density at radius 3 is 2.55 bits per heavy atom. The normalized spacial score (nSPS) is 18.2. The molecule has 2 unspecified atom stereocenters. The maximum atomic E-state index is 13.5. The number of benzene rings is 2. The van der Waals surface area contributed by atoms with Crippen molar-refractivity contribution in [3.63, 3.8) is 0 Å². The number of nitrogens with one attached hydrogen (secondary N) is 3. The highest BCUT2D eigenvalue weighted by Crippen LogP contribution is 2.41. The molecule has 3 heterocycles. The maximum absolute atomic E-state index is 13.5. The fourth-order valence-corrected chi connectivity index (χ4v) is 7.05. The number of carbonyl (C=O) groups excluding carboxylic acids is 3. The number of phenolic OH excluding ortho intramolecular Hbond substituents is 2. The van der Waals surface area contributed by atoms with Crippen LogP contribution in [0.1, 0.15) is 22.0 Å². The number of aromatic hydroxyl groups is 2. The molecule has 1 saturated heterocycles. The van der Waals surface area contributed by atoms with E-state index in [9.17, 15) is 44.1 Å². The average Bonchev–Trinajstić information content (AvgIpc) is 3.01. The molecule has 228 valence electrons. The summed E-state index contributed by atoms with van der Waals surface area (Å²) in [6, 6.07) is 9.55. The van der Waals surface area contributed by atoms with Crippen molar-refractivity contribution in [2.45, 2.75) is 22.6 Å². The number of carbonyl (C=O) groups is 4.